The van der Waals surface area contributed by atoms with Gasteiger partial charge in [0.05, 0.1) is 12.6 Å². The summed E-state index contributed by atoms with van der Waals surface area (Å²) in [6, 6.07) is -0.563. The molecule has 1 rings (SSSR count). The predicted molar refractivity (Wildman–Crippen MR) is 78.7 cm³/mol. The molecule has 1 heterocycles. The maximum absolute atomic E-state index is 12.2. The van der Waals surface area contributed by atoms with Crippen LogP contribution >= 0.6 is 0 Å². The van der Waals surface area contributed by atoms with Crippen LogP contribution in [0.4, 0.5) is 4.79 Å². The van der Waals surface area contributed by atoms with Crippen molar-refractivity contribution >= 4 is 17.9 Å². The minimum atomic E-state index is -1.02. The number of hydrogen-bond donors (Lipinski definition) is 4. The Kier molecular flexibility index (Phi) is 7.10. The summed E-state index contributed by atoms with van der Waals surface area (Å²) >= 11 is 0. The van der Waals surface area contributed by atoms with Crippen molar-refractivity contribution in [2.75, 3.05) is 13.2 Å². The van der Waals surface area contributed by atoms with Gasteiger partial charge in [-0.2, -0.15) is 0 Å². The number of carbonyl (C=O) groups is 3. The average Bonchev–Trinajstić information content (AvgIpc) is 2.81. The van der Waals surface area contributed by atoms with Crippen LogP contribution in [0.1, 0.15) is 33.1 Å². The van der Waals surface area contributed by atoms with E-state index in [4.69, 9.17) is 10.5 Å². The molecule has 8 heteroatoms. The molecule has 0 aliphatic carbocycles. The van der Waals surface area contributed by atoms with E-state index in [0.717, 1.165) is 0 Å². The number of aliphatic hydroxyl groups is 1. The molecule has 1 fully saturated rings. The van der Waals surface area contributed by atoms with Crippen LogP contribution in [-0.2, 0) is 14.3 Å². The van der Waals surface area contributed by atoms with Gasteiger partial charge in [0.25, 0.3) is 5.91 Å². The predicted octanol–water partition coefficient (Wildman–Crippen LogP) is -0.500. The second-order valence-corrected chi connectivity index (χ2v) is 5.96. The molecule has 0 spiro atoms. The first-order valence-electron chi connectivity index (χ1n) is 7.48. The van der Waals surface area contributed by atoms with Crippen molar-refractivity contribution in [3.63, 3.8) is 0 Å². The molecule has 0 aromatic rings. The quantitative estimate of drug-likeness (QED) is 0.479. The topological polar surface area (TPSA) is 131 Å². The highest BCUT2D eigenvalue weighted by Crippen LogP contribution is 2.16. The number of nitrogens with one attached hydrogen (secondary N) is 2. The normalized spacial score (nSPS) is 20.4. The monoisotopic (exact) mass is 315 g/mol. The third kappa shape index (κ3) is 5.88. The molecule has 1 aliphatic rings. The van der Waals surface area contributed by atoms with Crippen LogP contribution in [-0.4, -0.2) is 48.3 Å². The van der Waals surface area contributed by atoms with Gasteiger partial charge in [0, 0.05) is 12.5 Å². The number of hydrogen-bond acceptors (Lipinski definition) is 5. The van der Waals surface area contributed by atoms with Crippen LogP contribution < -0.4 is 16.4 Å². The molecule has 2 unspecified atom stereocenters. The lowest BCUT2D eigenvalue weighted by molar-refractivity contribution is -0.132. The second kappa shape index (κ2) is 8.57. The van der Waals surface area contributed by atoms with E-state index in [1.165, 1.54) is 0 Å². The molecule has 0 aromatic heterocycles. The zero-order chi connectivity index (χ0) is 16.7. The zero-order valence-corrected chi connectivity index (χ0v) is 13.0. The Morgan fingerprint density at radius 1 is 1.50 bits per heavy atom. The number of primary amides is 1. The second-order valence-electron chi connectivity index (χ2n) is 5.96. The summed E-state index contributed by atoms with van der Waals surface area (Å²) in [6.45, 7) is 4.09. The van der Waals surface area contributed by atoms with Crippen LogP contribution in [0.3, 0.4) is 0 Å². The molecule has 1 aliphatic heterocycles. The van der Waals surface area contributed by atoms with Gasteiger partial charge in [0.2, 0.25) is 5.91 Å². The number of aliphatic hydroxyl groups excluding tert-OH is 1. The Morgan fingerprint density at radius 3 is 2.64 bits per heavy atom. The number of amides is 3. The van der Waals surface area contributed by atoms with Crippen molar-refractivity contribution in [3.8, 4) is 0 Å². The van der Waals surface area contributed by atoms with Crippen molar-refractivity contribution < 1.29 is 24.2 Å². The fourth-order valence-corrected chi connectivity index (χ4v) is 2.46. The van der Waals surface area contributed by atoms with Gasteiger partial charge in [-0.1, -0.05) is 13.8 Å². The summed E-state index contributed by atoms with van der Waals surface area (Å²) < 4.78 is 4.83. The van der Waals surface area contributed by atoms with E-state index < -0.39 is 24.1 Å². The van der Waals surface area contributed by atoms with E-state index in [0.29, 0.717) is 25.8 Å². The van der Waals surface area contributed by atoms with Gasteiger partial charge in [0.1, 0.15) is 0 Å². The van der Waals surface area contributed by atoms with Crippen LogP contribution in [0.5, 0.6) is 0 Å². The smallest absolute Gasteiger partial charge is 0.405 e. The summed E-state index contributed by atoms with van der Waals surface area (Å²) in [5, 5.41) is 14.7. The third-order valence-electron chi connectivity index (χ3n) is 3.53. The van der Waals surface area contributed by atoms with Gasteiger partial charge >= 0.3 is 6.09 Å². The fourth-order valence-electron chi connectivity index (χ4n) is 2.46. The van der Waals surface area contributed by atoms with Gasteiger partial charge in [-0.25, -0.2) is 4.79 Å². The molecular weight excluding hydrogens is 290 g/mol. The molecule has 0 aromatic carbocycles. The van der Waals surface area contributed by atoms with E-state index in [9.17, 15) is 19.5 Å². The fraction of sp³-hybridized carbons (Fsp3) is 0.786. The number of rotatable bonds is 8. The molecule has 3 atom stereocenters. The van der Waals surface area contributed by atoms with Gasteiger partial charge in [-0.3, -0.25) is 9.59 Å². The maximum Gasteiger partial charge on any atom is 0.405 e. The van der Waals surface area contributed by atoms with Crippen LogP contribution in [0, 0.1) is 11.8 Å². The Balaban J connectivity index is 2.59. The Morgan fingerprint density at radius 2 is 2.18 bits per heavy atom. The minimum absolute atomic E-state index is 0.0696. The van der Waals surface area contributed by atoms with Gasteiger partial charge < -0.3 is 26.2 Å². The standard InChI is InChI=1S/C14H25N3O5/c1-8(2)5-11(22-14(15)21)13(20)17-10(7-18)6-9-3-4-16-12(9)19/h8-11,18H,3-7H2,1-2H3,(H2,15,21)(H,16,19)(H,17,20)/t9-,10?,11?/m0/s1. The molecule has 0 radical (unpaired) electrons. The lowest BCUT2D eigenvalue weighted by Gasteiger charge is -2.23. The average molecular weight is 315 g/mol. The van der Waals surface area contributed by atoms with Crippen molar-refractivity contribution in [1.29, 1.82) is 0 Å². The molecule has 126 valence electrons. The molecule has 8 nitrogen and oxygen atoms in total. The van der Waals surface area contributed by atoms with E-state index in [2.05, 4.69) is 10.6 Å². The SMILES string of the molecule is CC(C)CC(OC(N)=O)C(=O)NC(CO)C[C@@H]1CCNC1=O. The summed E-state index contributed by atoms with van der Waals surface area (Å²) in [5.74, 6) is -0.675. The Hall–Kier alpha value is -1.83. The Bertz CT molecular complexity index is 413. The summed E-state index contributed by atoms with van der Waals surface area (Å²) in [6.07, 6.45) is -0.658. The summed E-state index contributed by atoms with van der Waals surface area (Å²) in [5.41, 5.74) is 4.98. The largest absolute Gasteiger partial charge is 0.436 e. The molecule has 3 amide bonds. The zero-order valence-electron chi connectivity index (χ0n) is 13.0. The number of ether oxygens (including phenoxy) is 1. The minimum Gasteiger partial charge on any atom is -0.436 e. The van der Waals surface area contributed by atoms with E-state index in [1.807, 2.05) is 13.8 Å². The first-order valence-corrected chi connectivity index (χ1v) is 7.48. The highest BCUT2D eigenvalue weighted by molar-refractivity contribution is 5.84. The van der Waals surface area contributed by atoms with Gasteiger partial charge in [0.15, 0.2) is 6.10 Å². The molecule has 1 saturated heterocycles. The lowest BCUT2D eigenvalue weighted by Crippen LogP contribution is -2.46. The van der Waals surface area contributed by atoms with Crippen LogP contribution in [0.2, 0.25) is 0 Å². The van der Waals surface area contributed by atoms with Crippen molar-refractivity contribution in [2.45, 2.75) is 45.3 Å². The highest BCUT2D eigenvalue weighted by atomic mass is 16.6. The molecule has 5 N–H and O–H groups in total. The number of carbonyl (C=O) groups excluding carboxylic acids is 3. The van der Waals surface area contributed by atoms with E-state index in [-0.39, 0.29) is 24.3 Å². The third-order valence-corrected chi connectivity index (χ3v) is 3.53. The van der Waals surface area contributed by atoms with Gasteiger partial charge in [-0.05, 0) is 25.2 Å². The highest BCUT2D eigenvalue weighted by Gasteiger charge is 2.30. The molecule has 0 bridgehead atoms. The van der Waals surface area contributed by atoms with E-state index in [1.54, 1.807) is 0 Å². The summed E-state index contributed by atoms with van der Waals surface area (Å²) in [7, 11) is 0. The van der Waals surface area contributed by atoms with Crippen molar-refractivity contribution in [1.82, 2.24) is 10.6 Å². The van der Waals surface area contributed by atoms with Gasteiger partial charge in [-0.15, -0.1) is 0 Å². The summed E-state index contributed by atoms with van der Waals surface area (Å²) in [4.78, 5) is 34.6. The molecular formula is C14H25N3O5. The van der Waals surface area contributed by atoms with Crippen LogP contribution in [0.25, 0.3) is 0 Å². The van der Waals surface area contributed by atoms with Crippen molar-refractivity contribution in [3.05, 3.63) is 0 Å². The Labute approximate surface area is 129 Å². The molecule has 0 saturated carbocycles. The first-order chi connectivity index (χ1) is 10.3. The maximum atomic E-state index is 12.2. The lowest BCUT2D eigenvalue weighted by atomic mass is 9.98. The van der Waals surface area contributed by atoms with Crippen LogP contribution in [0.15, 0.2) is 0 Å². The molecule has 22 heavy (non-hydrogen) atoms. The number of nitrogens with two attached hydrogens (primary N) is 1. The van der Waals surface area contributed by atoms with E-state index >= 15 is 0 Å². The van der Waals surface area contributed by atoms with Crippen molar-refractivity contribution in [2.24, 2.45) is 17.6 Å². The first kappa shape index (κ1) is 18.2.